The Morgan fingerprint density at radius 1 is 1.06 bits per heavy atom. The van der Waals surface area contributed by atoms with Crippen molar-refractivity contribution in [1.82, 2.24) is 4.72 Å². The summed E-state index contributed by atoms with van der Waals surface area (Å²) in [7, 11) is -5.55. The Hall–Kier alpha value is -0.790. The Morgan fingerprint density at radius 2 is 1.56 bits per heavy atom. The lowest BCUT2D eigenvalue weighted by molar-refractivity contribution is -0.120. The van der Waals surface area contributed by atoms with Gasteiger partial charge in [-0.15, -0.1) is 0 Å². The van der Waals surface area contributed by atoms with E-state index >= 15 is 0 Å². The van der Waals surface area contributed by atoms with Crippen LogP contribution in [0.4, 0.5) is 13.2 Å². The van der Waals surface area contributed by atoms with Crippen LogP contribution in [0.2, 0.25) is 0 Å². The largest absolute Gasteiger partial charge is 0.516 e. The molecule has 0 rings (SSSR count). The Morgan fingerprint density at radius 3 is 2.06 bits per heavy atom. The number of halogens is 3. The average molecular weight is 289 g/mol. The van der Waals surface area contributed by atoms with Crippen molar-refractivity contribution in [2.75, 3.05) is 0 Å². The molecule has 8 heteroatoms. The fraction of sp³-hybridized carbons (Fsp3) is 0.900. The van der Waals surface area contributed by atoms with Gasteiger partial charge in [-0.1, -0.05) is 39.0 Å². The maximum atomic E-state index is 11.9. The SMILES string of the molecule is CCCCCCCCC(=O)NS(=O)(=O)C(F)(F)F. The number of hydrogen-bond acceptors (Lipinski definition) is 3. The van der Waals surface area contributed by atoms with Crippen molar-refractivity contribution >= 4 is 15.9 Å². The summed E-state index contributed by atoms with van der Waals surface area (Å²) in [6, 6.07) is 0. The van der Waals surface area contributed by atoms with Gasteiger partial charge in [0.1, 0.15) is 0 Å². The van der Waals surface area contributed by atoms with Gasteiger partial charge >= 0.3 is 15.5 Å². The maximum absolute atomic E-state index is 11.9. The number of sulfonamides is 1. The number of carbonyl (C=O) groups is 1. The lowest BCUT2D eigenvalue weighted by atomic mass is 10.1. The number of alkyl halides is 3. The molecule has 1 N–H and O–H groups in total. The molecular formula is C10H18F3NO3S. The molecular weight excluding hydrogens is 271 g/mol. The summed E-state index contributed by atoms with van der Waals surface area (Å²) in [5.74, 6) is -1.11. The Kier molecular flexibility index (Phi) is 7.27. The number of carbonyl (C=O) groups excluding carboxylic acids is 1. The third kappa shape index (κ3) is 6.83. The molecule has 0 saturated heterocycles. The third-order valence-electron chi connectivity index (χ3n) is 2.31. The molecule has 0 bridgehead atoms. The maximum Gasteiger partial charge on any atom is 0.516 e. The molecule has 0 aromatic heterocycles. The van der Waals surface area contributed by atoms with E-state index in [1.165, 1.54) is 0 Å². The molecule has 0 fully saturated rings. The molecule has 0 atom stereocenters. The molecule has 0 unspecified atom stereocenters. The van der Waals surface area contributed by atoms with Crippen molar-refractivity contribution in [3.05, 3.63) is 0 Å². The predicted octanol–water partition coefficient (Wildman–Crippen LogP) is 2.70. The monoisotopic (exact) mass is 289 g/mol. The van der Waals surface area contributed by atoms with Crippen LogP contribution in [-0.4, -0.2) is 19.8 Å². The second kappa shape index (κ2) is 7.60. The van der Waals surface area contributed by atoms with Crippen molar-refractivity contribution in [1.29, 1.82) is 0 Å². The van der Waals surface area contributed by atoms with Crippen LogP contribution in [0.5, 0.6) is 0 Å². The van der Waals surface area contributed by atoms with Crippen molar-refractivity contribution in [2.45, 2.75) is 57.4 Å². The zero-order valence-corrected chi connectivity index (χ0v) is 11.0. The smallest absolute Gasteiger partial charge is 0.274 e. The van der Waals surface area contributed by atoms with Crippen LogP contribution in [0.1, 0.15) is 51.9 Å². The Balaban J connectivity index is 3.86. The van der Waals surface area contributed by atoms with Crippen LogP contribution in [-0.2, 0) is 14.8 Å². The van der Waals surface area contributed by atoms with E-state index in [9.17, 15) is 26.4 Å². The van der Waals surface area contributed by atoms with Crippen LogP contribution in [0.15, 0.2) is 0 Å². The first-order valence-electron chi connectivity index (χ1n) is 5.82. The van der Waals surface area contributed by atoms with Crippen LogP contribution in [0.25, 0.3) is 0 Å². The van der Waals surface area contributed by atoms with Crippen molar-refractivity contribution in [3.8, 4) is 0 Å². The summed E-state index contributed by atoms with van der Waals surface area (Å²) in [4.78, 5) is 11.0. The normalized spacial score (nSPS) is 12.4. The molecule has 108 valence electrons. The molecule has 0 saturated carbocycles. The minimum atomic E-state index is -5.55. The summed E-state index contributed by atoms with van der Waals surface area (Å²) in [5, 5.41) is 0. The second-order valence-electron chi connectivity index (χ2n) is 3.99. The molecule has 0 aromatic carbocycles. The molecule has 4 nitrogen and oxygen atoms in total. The van der Waals surface area contributed by atoms with Crippen LogP contribution >= 0.6 is 0 Å². The minimum Gasteiger partial charge on any atom is -0.274 e. The van der Waals surface area contributed by atoms with Gasteiger partial charge in [0.15, 0.2) is 0 Å². The molecule has 0 aliphatic rings. The molecule has 0 aliphatic carbocycles. The lowest BCUT2D eigenvalue weighted by Gasteiger charge is -2.09. The van der Waals surface area contributed by atoms with Crippen molar-refractivity contribution < 1.29 is 26.4 Å². The zero-order chi connectivity index (χ0) is 14.2. The third-order valence-corrected chi connectivity index (χ3v) is 3.42. The highest BCUT2D eigenvalue weighted by atomic mass is 32.2. The average Bonchev–Trinajstić information content (AvgIpc) is 2.20. The number of amides is 1. The molecule has 0 aliphatic heterocycles. The van der Waals surface area contributed by atoms with Gasteiger partial charge in [0, 0.05) is 6.42 Å². The van der Waals surface area contributed by atoms with Gasteiger partial charge < -0.3 is 0 Å². The van der Waals surface area contributed by atoms with E-state index in [1.54, 1.807) is 0 Å². The fourth-order valence-electron chi connectivity index (χ4n) is 1.32. The van der Waals surface area contributed by atoms with Crippen LogP contribution in [0.3, 0.4) is 0 Å². The predicted molar refractivity (Wildman–Crippen MR) is 61.1 cm³/mol. The van der Waals surface area contributed by atoms with Gasteiger partial charge in [0.2, 0.25) is 5.91 Å². The molecule has 18 heavy (non-hydrogen) atoms. The minimum absolute atomic E-state index is 0.207. The summed E-state index contributed by atoms with van der Waals surface area (Å²) < 4.78 is 57.9. The molecule has 1 amide bonds. The van der Waals surface area contributed by atoms with E-state index in [2.05, 4.69) is 6.92 Å². The number of hydrogen-bond donors (Lipinski definition) is 1. The highest BCUT2D eigenvalue weighted by molar-refractivity contribution is 7.90. The summed E-state index contributed by atoms with van der Waals surface area (Å²) >= 11 is 0. The zero-order valence-electron chi connectivity index (χ0n) is 10.2. The van der Waals surface area contributed by atoms with E-state index in [4.69, 9.17) is 0 Å². The van der Waals surface area contributed by atoms with Gasteiger partial charge in [-0.05, 0) is 6.42 Å². The lowest BCUT2D eigenvalue weighted by Crippen LogP contribution is -2.40. The molecule has 0 aromatic rings. The number of nitrogens with one attached hydrogen (secondary N) is 1. The Labute approximate surface area is 105 Å². The van der Waals surface area contributed by atoms with E-state index in [0.29, 0.717) is 12.8 Å². The summed E-state index contributed by atoms with van der Waals surface area (Å²) in [6.07, 6.45) is 4.95. The first-order chi connectivity index (χ1) is 8.20. The fourth-order valence-corrected chi connectivity index (χ4v) is 1.84. The van der Waals surface area contributed by atoms with E-state index < -0.39 is 21.4 Å². The summed E-state index contributed by atoms with van der Waals surface area (Å²) in [6.45, 7) is 2.05. The van der Waals surface area contributed by atoms with E-state index in [-0.39, 0.29) is 6.42 Å². The molecule has 0 radical (unpaired) electrons. The topological polar surface area (TPSA) is 63.2 Å². The van der Waals surface area contributed by atoms with Gasteiger partial charge in [-0.2, -0.15) is 21.6 Å². The molecule has 0 heterocycles. The van der Waals surface area contributed by atoms with Gasteiger partial charge in [-0.25, -0.2) is 4.72 Å². The highest BCUT2D eigenvalue weighted by Gasteiger charge is 2.46. The standard InChI is InChI=1S/C10H18F3NO3S/c1-2-3-4-5-6-7-8-9(15)14-18(16,17)10(11,12)13/h2-8H2,1H3,(H,14,15). The van der Waals surface area contributed by atoms with E-state index in [0.717, 1.165) is 30.4 Å². The van der Waals surface area contributed by atoms with Gasteiger partial charge in [0.25, 0.3) is 0 Å². The van der Waals surface area contributed by atoms with Crippen LogP contribution < -0.4 is 4.72 Å². The number of unbranched alkanes of at least 4 members (excludes halogenated alkanes) is 5. The quantitative estimate of drug-likeness (QED) is 0.699. The van der Waals surface area contributed by atoms with E-state index in [1.807, 2.05) is 0 Å². The first-order valence-corrected chi connectivity index (χ1v) is 7.31. The number of rotatable bonds is 8. The second-order valence-corrected chi connectivity index (χ2v) is 5.67. The first kappa shape index (κ1) is 17.2. The van der Waals surface area contributed by atoms with Crippen molar-refractivity contribution in [3.63, 3.8) is 0 Å². The molecule has 0 spiro atoms. The van der Waals surface area contributed by atoms with Crippen LogP contribution in [0, 0.1) is 0 Å². The highest BCUT2D eigenvalue weighted by Crippen LogP contribution is 2.21. The van der Waals surface area contributed by atoms with Gasteiger partial charge in [-0.3, -0.25) is 4.79 Å². The summed E-state index contributed by atoms with van der Waals surface area (Å²) in [5.41, 5.74) is -5.44. The Bertz CT molecular complexity index is 352. The van der Waals surface area contributed by atoms with Crippen molar-refractivity contribution in [2.24, 2.45) is 0 Å². The van der Waals surface area contributed by atoms with Gasteiger partial charge in [0.05, 0.1) is 0 Å².